The second-order valence-electron chi connectivity index (χ2n) is 3.76. The van der Waals surface area contributed by atoms with Crippen LogP contribution in [0.25, 0.3) is 0 Å². The molecule has 0 saturated carbocycles. The van der Waals surface area contributed by atoms with Crippen LogP contribution in [0.2, 0.25) is 18.6 Å². The van der Waals surface area contributed by atoms with Gasteiger partial charge in [-0.1, -0.05) is 12.5 Å². The van der Waals surface area contributed by atoms with E-state index in [0.29, 0.717) is 6.10 Å². The van der Waals surface area contributed by atoms with Gasteiger partial charge in [0, 0.05) is 6.10 Å². The van der Waals surface area contributed by atoms with Crippen LogP contribution in [0, 0.1) is 0 Å². The molecular formula is C9H18OSi. The van der Waals surface area contributed by atoms with Crippen molar-refractivity contribution in [3.8, 4) is 0 Å². The lowest BCUT2D eigenvalue weighted by Gasteiger charge is -2.34. The highest BCUT2D eigenvalue weighted by Gasteiger charge is 2.32. The molecule has 2 unspecified atom stereocenters. The third kappa shape index (κ3) is 2.45. The number of hydrogen-bond donors (Lipinski definition) is 0. The third-order valence-corrected chi connectivity index (χ3v) is 5.91. The molecule has 0 aromatic heterocycles. The molecule has 64 valence electrons. The van der Waals surface area contributed by atoms with Gasteiger partial charge in [0.05, 0.1) is 0 Å². The van der Waals surface area contributed by atoms with Gasteiger partial charge in [0.2, 0.25) is 0 Å². The van der Waals surface area contributed by atoms with Gasteiger partial charge in [0.15, 0.2) is 8.32 Å². The van der Waals surface area contributed by atoms with Crippen LogP contribution in [-0.4, -0.2) is 14.4 Å². The number of hydrogen-bond acceptors (Lipinski definition) is 1. The van der Waals surface area contributed by atoms with Crippen LogP contribution in [0.15, 0.2) is 12.7 Å². The molecule has 0 radical (unpaired) electrons. The van der Waals surface area contributed by atoms with E-state index in [1.54, 1.807) is 0 Å². The van der Waals surface area contributed by atoms with Crippen LogP contribution < -0.4 is 0 Å². The Morgan fingerprint density at radius 3 is 3.00 bits per heavy atom. The molecule has 1 heterocycles. The summed E-state index contributed by atoms with van der Waals surface area (Å²) in [6.07, 6.45) is 5.13. The minimum absolute atomic E-state index is 0.500. The zero-order valence-corrected chi connectivity index (χ0v) is 8.60. The maximum absolute atomic E-state index is 5.98. The summed E-state index contributed by atoms with van der Waals surface area (Å²) in [5.41, 5.74) is 0. The molecule has 1 aliphatic heterocycles. The van der Waals surface area contributed by atoms with Crippen LogP contribution in [0.4, 0.5) is 0 Å². The first-order chi connectivity index (χ1) is 5.16. The SMILES string of the molecule is C=CC[Si]1(C)CCCC(C)O1. The zero-order chi connectivity index (χ0) is 8.32. The van der Waals surface area contributed by atoms with Gasteiger partial charge in [-0.2, -0.15) is 0 Å². The van der Waals surface area contributed by atoms with Crippen molar-refractivity contribution >= 4 is 8.32 Å². The van der Waals surface area contributed by atoms with Crippen LogP contribution in [-0.2, 0) is 4.43 Å². The Kier molecular flexibility index (Phi) is 2.90. The standard InChI is InChI=1S/C9H18OSi/c1-4-7-11(3)8-5-6-9(2)10-11/h4,9H,1,5-8H2,2-3H3. The fraction of sp³-hybridized carbons (Fsp3) is 0.778. The molecule has 0 bridgehead atoms. The second-order valence-corrected chi connectivity index (χ2v) is 7.81. The number of allylic oxidation sites excluding steroid dienone is 1. The molecule has 2 heteroatoms. The highest BCUT2D eigenvalue weighted by atomic mass is 28.4. The van der Waals surface area contributed by atoms with Crippen molar-refractivity contribution in [1.29, 1.82) is 0 Å². The molecule has 0 amide bonds. The highest BCUT2D eigenvalue weighted by Crippen LogP contribution is 2.28. The molecule has 1 aliphatic rings. The molecule has 1 rings (SSSR count). The van der Waals surface area contributed by atoms with Gasteiger partial charge in [0.1, 0.15) is 0 Å². The van der Waals surface area contributed by atoms with Crippen molar-refractivity contribution in [1.82, 2.24) is 0 Å². The summed E-state index contributed by atoms with van der Waals surface area (Å²) < 4.78 is 5.98. The molecule has 1 saturated heterocycles. The van der Waals surface area contributed by atoms with Crippen molar-refractivity contribution in [2.45, 2.75) is 44.5 Å². The van der Waals surface area contributed by atoms with Crippen molar-refractivity contribution in [3.05, 3.63) is 12.7 Å². The third-order valence-electron chi connectivity index (χ3n) is 2.38. The lowest BCUT2D eigenvalue weighted by Crippen LogP contribution is -2.40. The maximum atomic E-state index is 5.98. The molecular weight excluding hydrogens is 152 g/mol. The summed E-state index contributed by atoms with van der Waals surface area (Å²) in [7, 11) is -1.32. The fourth-order valence-corrected chi connectivity index (χ4v) is 4.89. The summed E-state index contributed by atoms with van der Waals surface area (Å²) in [6.45, 7) is 8.29. The van der Waals surface area contributed by atoms with Gasteiger partial charge in [0.25, 0.3) is 0 Å². The molecule has 2 atom stereocenters. The Labute approximate surface area is 70.6 Å². The van der Waals surface area contributed by atoms with Crippen molar-refractivity contribution < 1.29 is 4.43 Å². The Bertz CT molecular complexity index is 146. The summed E-state index contributed by atoms with van der Waals surface area (Å²) in [6, 6.07) is 2.45. The van der Waals surface area contributed by atoms with Gasteiger partial charge in [-0.05, 0) is 32.0 Å². The van der Waals surface area contributed by atoms with Crippen molar-refractivity contribution in [3.63, 3.8) is 0 Å². The van der Waals surface area contributed by atoms with Gasteiger partial charge in [-0.25, -0.2) is 0 Å². The second kappa shape index (κ2) is 3.54. The first-order valence-corrected chi connectivity index (χ1v) is 7.27. The topological polar surface area (TPSA) is 9.23 Å². The fourth-order valence-electron chi connectivity index (χ4n) is 1.82. The largest absolute Gasteiger partial charge is 0.414 e. The van der Waals surface area contributed by atoms with Crippen LogP contribution in [0.3, 0.4) is 0 Å². The average Bonchev–Trinajstić information content (AvgIpc) is 1.86. The maximum Gasteiger partial charge on any atom is 0.193 e. The van der Waals surface area contributed by atoms with Gasteiger partial charge in [-0.15, -0.1) is 6.58 Å². The summed E-state index contributed by atoms with van der Waals surface area (Å²) >= 11 is 0. The van der Waals surface area contributed by atoms with Crippen LogP contribution >= 0.6 is 0 Å². The lowest BCUT2D eigenvalue weighted by molar-refractivity contribution is 0.177. The van der Waals surface area contributed by atoms with E-state index in [-0.39, 0.29) is 0 Å². The molecule has 1 fully saturated rings. The Morgan fingerprint density at radius 1 is 1.73 bits per heavy atom. The molecule has 0 spiro atoms. The number of rotatable bonds is 2. The van der Waals surface area contributed by atoms with Gasteiger partial charge < -0.3 is 4.43 Å². The van der Waals surface area contributed by atoms with E-state index in [0.717, 1.165) is 6.04 Å². The smallest absolute Gasteiger partial charge is 0.193 e. The highest BCUT2D eigenvalue weighted by molar-refractivity contribution is 6.73. The molecule has 0 aromatic carbocycles. The summed E-state index contributed by atoms with van der Waals surface area (Å²) in [5.74, 6) is 0. The van der Waals surface area contributed by atoms with E-state index in [1.807, 2.05) is 6.08 Å². The van der Waals surface area contributed by atoms with Crippen molar-refractivity contribution in [2.75, 3.05) is 0 Å². The van der Waals surface area contributed by atoms with Gasteiger partial charge in [-0.3, -0.25) is 0 Å². The predicted molar refractivity (Wildman–Crippen MR) is 51.2 cm³/mol. The van der Waals surface area contributed by atoms with E-state index in [4.69, 9.17) is 4.43 Å². The summed E-state index contributed by atoms with van der Waals surface area (Å²) in [5, 5.41) is 0. The van der Waals surface area contributed by atoms with E-state index < -0.39 is 8.32 Å². The molecule has 0 aliphatic carbocycles. The average molecular weight is 170 g/mol. The van der Waals surface area contributed by atoms with Gasteiger partial charge >= 0.3 is 0 Å². The van der Waals surface area contributed by atoms with E-state index in [1.165, 1.54) is 18.9 Å². The summed E-state index contributed by atoms with van der Waals surface area (Å²) in [4.78, 5) is 0. The normalized spacial score (nSPS) is 38.5. The predicted octanol–water partition coefficient (Wildman–Crippen LogP) is 2.95. The van der Waals surface area contributed by atoms with Crippen molar-refractivity contribution in [2.24, 2.45) is 0 Å². The lowest BCUT2D eigenvalue weighted by atomic mass is 10.2. The minimum Gasteiger partial charge on any atom is -0.414 e. The monoisotopic (exact) mass is 170 g/mol. The first kappa shape index (κ1) is 9.01. The minimum atomic E-state index is -1.32. The zero-order valence-electron chi connectivity index (χ0n) is 7.60. The Balaban J connectivity index is 2.47. The quantitative estimate of drug-likeness (QED) is 0.457. The first-order valence-electron chi connectivity index (χ1n) is 4.45. The molecule has 11 heavy (non-hydrogen) atoms. The molecule has 1 nitrogen and oxygen atoms in total. The van der Waals surface area contributed by atoms with Crippen LogP contribution in [0.5, 0.6) is 0 Å². The molecule has 0 aromatic rings. The van der Waals surface area contributed by atoms with E-state index >= 15 is 0 Å². The Morgan fingerprint density at radius 2 is 2.45 bits per heavy atom. The Hall–Kier alpha value is -0.0831. The van der Waals surface area contributed by atoms with E-state index in [9.17, 15) is 0 Å². The van der Waals surface area contributed by atoms with Crippen LogP contribution in [0.1, 0.15) is 19.8 Å². The van der Waals surface area contributed by atoms with E-state index in [2.05, 4.69) is 20.0 Å². The molecule has 0 N–H and O–H groups in total.